The zero-order valence-electron chi connectivity index (χ0n) is 11.3. The van der Waals surface area contributed by atoms with E-state index in [9.17, 15) is 9.90 Å². The van der Waals surface area contributed by atoms with Crippen molar-refractivity contribution in [3.8, 4) is 0 Å². The van der Waals surface area contributed by atoms with Crippen molar-refractivity contribution in [1.82, 2.24) is 5.32 Å². The first kappa shape index (κ1) is 14.6. The van der Waals surface area contributed by atoms with Crippen LogP contribution in [0, 0.1) is 13.8 Å². The molecule has 5 heteroatoms. The molecule has 0 aliphatic rings. The van der Waals surface area contributed by atoms with Crippen molar-refractivity contribution in [2.45, 2.75) is 20.0 Å². The highest BCUT2D eigenvalue weighted by Gasteiger charge is 2.16. The summed E-state index contributed by atoms with van der Waals surface area (Å²) < 4.78 is 5.35. The third kappa shape index (κ3) is 3.40. The van der Waals surface area contributed by atoms with Gasteiger partial charge in [-0.05, 0) is 38.1 Å². The normalized spacial score (nSPS) is 12.2. The van der Waals surface area contributed by atoms with E-state index in [0.29, 0.717) is 21.9 Å². The lowest BCUT2D eigenvalue weighted by Gasteiger charge is -2.11. The van der Waals surface area contributed by atoms with E-state index >= 15 is 0 Å². The molecule has 0 spiro atoms. The van der Waals surface area contributed by atoms with Crippen LogP contribution in [0.1, 0.15) is 33.5 Å². The molecule has 1 aromatic heterocycles. The zero-order chi connectivity index (χ0) is 14.7. The summed E-state index contributed by atoms with van der Waals surface area (Å²) in [5.41, 5.74) is 1.15. The molecule has 1 amide bonds. The minimum atomic E-state index is -0.796. The Morgan fingerprint density at radius 1 is 1.40 bits per heavy atom. The van der Waals surface area contributed by atoms with Crippen LogP contribution < -0.4 is 5.32 Å². The molecule has 0 aliphatic heterocycles. The Balaban J connectivity index is 1.98. The van der Waals surface area contributed by atoms with E-state index in [0.717, 1.165) is 5.76 Å². The Morgan fingerprint density at radius 3 is 2.75 bits per heavy atom. The van der Waals surface area contributed by atoms with Crippen LogP contribution in [0.15, 0.2) is 34.7 Å². The van der Waals surface area contributed by atoms with Gasteiger partial charge < -0.3 is 14.8 Å². The van der Waals surface area contributed by atoms with E-state index in [1.54, 1.807) is 37.3 Å². The first-order valence-corrected chi connectivity index (χ1v) is 6.64. The number of aryl methyl sites for hydroxylation is 2. The molecule has 106 valence electrons. The van der Waals surface area contributed by atoms with Gasteiger partial charge in [0.2, 0.25) is 0 Å². The molecule has 2 rings (SSSR count). The summed E-state index contributed by atoms with van der Waals surface area (Å²) in [7, 11) is 0. The van der Waals surface area contributed by atoms with Crippen molar-refractivity contribution < 1.29 is 14.3 Å². The topological polar surface area (TPSA) is 62.5 Å². The Morgan fingerprint density at radius 2 is 2.15 bits per heavy atom. The highest BCUT2D eigenvalue weighted by atomic mass is 35.5. The van der Waals surface area contributed by atoms with Gasteiger partial charge in [-0.3, -0.25) is 4.79 Å². The zero-order valence-corrected chi connectivity index (χ0v) is 12.1. The van der Waals surface area contributed by atoms with E-state index in [2.05, 4.69) is 5.32 Å². The number of amides is 1. The molecular formula is C15H16ClNO3. The molecule has 0 aliphatic carbocycles. The van der Waals surface area contributed by atoms with Crippen LogP contribution in [0.5, 0.6) is 0 Å². The highest BCUT2D eigenvalue weighted by molar-refractivity contribution is 6.30. The Bertz CT molecular complexity index is 621. The number of nitrogens with one attached hydrogen (secondary N) is 1. The summed E-state index contributed by atoms with van der Waals surface area (Å²) in [6.45, 7) is 3.71. The van der Waals surface area contributed by atoms with Crippen LogP contribution in [0.3, 0.4) is 0 Å². The number of hydrogen-bond acceptors (Lipinski definition) is 3. The maximum Gasteiger partial charge on any atom is 0.251 e. The first-order chi connectivity index (χ1) is 9.47. The number of rotatable bonds is 4. The Labute approximate surface area is 122 Å². The van der Waals surface area contributed by atoms with Crippen LogP contribution >= 0.6 is 11.6 Å². The standard InChI is InChI=1S/C15H16ClNO3/c1-9-6-13(10(2)20-9)14(18)8-17-15(19)11-4-3-5-12(16)7-11/h3-7,14,18H,8H2,1-2H3,(H,17,19). The summed E-state index contributed by atoms with van der Waals surface area (Å²) in [5.74, 6) is 1.12. The number of carbonyl (C=O) groups is 1. The van der Waals surface area contributed by atoms with Crippen LogP contribution in [0.4, 0.5) is 0 Å². The summed E-state index contributed by atoms with van der Waals surface area (Å²) in [6, 6.07) is 8.42. The highest BCUT2D eigenvalue weighted by Crippen LogP contribution is 2.21. The fraction of sp³-hybridized carbons (Fsp3) is 0.267. The molecule has 4 nitrogen and oxygen atoms in total. The molecule has 1 unspecified atom stereocenters. The molecule has 2 aromatic rings. The van der Waals surface area contributed by atoms with E-state index < -0.39 is 6.10 Å². The predicted molar refractivity (Wildman–Crippen MR) is 76.9 cm³/mol. The minimum Gasteiger partial charge on any atom is -0.466 e. The first-order valence-electron chi connectivity index (χ1n) is 6.26. The molecular weight excluding hydrogens is 278 g/mol. The number of hydrogen-bond donors (Lipinski definition) is 2. The fourth-order valence-corrected chi connectivity index (χ4v) is 2.20. The third-order valence-electron chi connectivity index (χ3n) is 2.98. The predicted octanol–water partition coefficient (Wildman–Crippen LogP) is 3.01. The van der Waals surface area contributed by atoms with Gasteiger partial charge in [-0.25, -0.2) is 0 Å². The number of carbonyl (C=O) groups excluding carboxylic acids is 1. The van der Waals surface area contributed by atoms with Gasteiger partial charge >= 0.3 is 0 Å². The van der Waals surface area contributed by atoms with Gasteiger partial charge in [-0.1, -0.05) is 17.7 Å². The van der Waals surface area contributed by atoms with E-state index in [-0.39, 0.29) is 12.5 Å². The quantitative estimate of drug-likeness (QED) is 0.911. The molecule has 0 fully saturated rings. The second-order valence-corrected chi connectivity index (χ2v) is 5.04. The van der Waals surface area contributed by atoms with Crippen molar-refractivity contribution in [3.63, 3.8) is 0 Å². The molecule has 0 bridgehead atoms. The fourth-order valence-electron chi connectivity index (χ4n) is 2.01. The molecule has 1 atom stereocenters. The second-order valence-electron chi connectivity index (χ2n) is 4.60. The van der Waals surface area contributed by atoms with Gasteiger partial charge in [-0.15, -0.1) is 0 Å². The van der Waals surface area contributed by atoms with Crippen LogP contribution in [-0.4, -0.2) is 17.6 Å². The van der Waals surface area contributed by atoms with Gasteiger partial charge in [0, 0.05) is 22.7 Å². The SMILES string of the molecule is Cc1cc(C(O)CNC(=O)c2cccc(Cl)c2)c(C)o1. The third-order valence-corrected chi connectivity index (χ3v) is 3.22. The molecule has 0 radical (unpaired) electrons. The number of aliphatic hydroxyl groups is 1. The molecule has 2 N–H and O–H groups in total. The number of halogens is 1. The maximum atomic E-state index is 11.9. The lowest BCUT2D eigenvalue weighted by molar-refractivity contribution is 0.0915. The van der Waals surface area contributed by atoms with E-state index in [4.69, 9.17) is 16.0 Å². The number of furan rings is 1. The van der Waals surface area contributed by atoms with Gasteiger partial charge in [0.05, 0.1) is 6.10 Å². The van der Waals surface area contributed by atoms with E-state index in [1.165, 1.54) is 0 Å². The monoisotopic (exact) mass is 293 g/mol. The molecule has 20 heavy (non-hydrogen) atoms. The largest absolute Gasteiger partial charge is 0.466 e. The van der Waals surface area contributed by atoms with Gasteiger partial charge in [-0.2, -0.15) is 0 Å². The molecule has 1 heterocycles. The van der Waals surface area contributed by atoms with Crippen molar-refractivity contribution >= 4 is 17.5 Å². The van der Waals surface area contributed by atoms with Crippen LogP contribution in [0.25, 0.3) is 0 Å². The summed E-state index contributed by atoms with van der Waals surface area (Å²) >= 11 is 5.83. The summed E-state index contributed by atoms with van der Waals surface area (Å²) in [6.07, 6.45) is -0.796. The Hall–Kier alpha value is -1.78. The van der Waals surface area contributed by atoms with Crippen molar-refractivity contribution in [2.24, 2.45) is 0 Å². The maximum absolute atomic E-state index is 11.9. The second kappa shape index (κ2) is 6.11. The molecule has 0 saturated carbocycles. The summed E-state index contributed by atoms with van der Waals surface area (Å²) in [4.78, 5) is 11.9. The number of aliphatic hydroxyl groups excluding tert-OH is 1. The Kier molecular flexibility index (Phi) is 4.47. The lowest BCUT2D eigenvalue weighted by Crippen LogP contribution is -2.28. The smallest absolute Gasteiger partial charge is 0.251 e. The van der Waals surface area contributed by atoms with Gasteiger partial charge in [0.15, 0.2) is 0 Å². The molecule has 0 saturated heterocycles. The van der Waals surface area contributed by atoms with E-state index in [1.807, 2.05) is 6.92 Å². The average Bonchev–Trinajstić information content (AvgIpc) is 2.74. The van der Waals surface area contributed by atoms with Gasteiger partial charge in [0.1, 0.15) is 11.5 Å². The van der Waals surface area contributed by atoms with Crippen LogP contribution in [0.2, 0.25) is 5.02 Å². The lowest BCUT2D eigenvalue weighted by atomic mass is 10.1. The van der Waals surface area contributed by atoms with Gasteiger partial charge in [0.25, 0.3) is 5.91 Å². The number of benzene rings is 1. The average molecular weight is 294 g/mol. The van der Waals surface area contributed by atoms with Crippen molar-refractivity contribution in [3.05, 3.63) is 58.0 Å². The van der Waals surface area contributed by atoms with Crippen LogP contribution in [-0.2, 0) is 0 Å². The summed E-state index contributed by atoms with van der Waals surface area (Å²) in [5, 5.41) is 13.2. The molecule has 1 aromatic carbocycles. The van der Waals surface area contributed by atoms with Crippen molar-refractivity contribution in [1.29, 1.82) is 0 Å². The van der Waals surface area contributed by atoms with Crippen molar-refractivity contribution in [2.75, 3.05) is 6.54 Å². The minimum absolute atomic E-state index is 0.116.